The molecular weight excluding hydrogens is 408 g/mol. The highest BCUT2D eigenvalue weighted by Crippen LogP contribution is 2.35. The molecule has 2 aliphatic heterocycles. The zero-order valence-corrected chi connectivity index (χ0v) is 18.8. The van der Waals surface area contributed by atoms with Crippen LogP contribution in [0, 0.1) is 17.2 Å². The number of nitriles is 1. The van der Waals surface area contributed by atoms with Gasteiger partial charge in [0.15, 0.2) is 5.82 Å². The number of nitrogens with zero attached hydrogens (tertiary/aromatic N) is 6. The molecule has 2 aliphatic rings. The Morgan fingerprint density at radius 3 is 2.61 bits per heavy atom. The van der Waals surface area contributed by atoms with Gasteiger partial charge in [0.25, 0.3) is 0 Å². The second-order valence-corrected chi connectivity index (χ2v) is 9.11. The summed E-state index contributed by atoms with van der Waals surface area (Å²) in [5, 5.41) is 17.8. The van der Waals surface area contributed by atoms with E-state index in [-0.39, 0.29) is 0 Å². The monoisotopic (exact) mass is 434 g/mol. The lowest BCUT2D eigenvalue weighted by Crippen LogP contribution is -2.33. The lowest BCUT2D eigenvalue weighted by molar-refractivity contribution is 0.395. The summed E-state index contributed by atoms with van der Waals surface area (Å²) in [6.45, 7) is 5.35. The highest BCUT2D eigenvalue weighted by Gasteiger charge is 2.24. The Bertz CT molecular complexity index is 1350. The van der Waals surface area contributed by atoms with Crippen LogP contribution < -0.4 is 4.90 Å². The molecule has 0 bridgehead atoms. The molecule has 6 heteroatoms. The molecule has 1 saturated heterocycles. The van der Waals surface area contributed by atoms with Crippen LogP contribution in [0.2, 0.25) is 0 Å². The highest BCUT2D eigenvalue weighted by molar-refractivity contribution is 5.72. The fourth-order valence-corrected chi connectivity index (χ4v) is 5.22. The molecule has 0 amide bonds. The summed E-state index contributed by atoms with van der Waals surface area (Å²) in [7, 11) is 0. The summed E-state index contributed by atoms with van der Waals surface area (Å²) in [6, 6.07) is 18.9. The molecular formula is C27H26N6. The second kappa shape index (κ2) is 7.93. The molecule has 0 unspecified atom stereocenters. The van der Waals surface area contributed by atoms with Crippen LogP contribution in [0.1, 0.15) is 37.3 Å². The van der Waals surface area contributed by atoms with Crippen molar-refractivity contribution in [2.75, 3.05) is 18.0 Å². The van der Waals surface area contributed by atoms with E-state index in [0.29, 0.717) is 5.56 Å². The van der Waals surface area contributed by atoms with Gasteiger partial charge in [-0.2, -0.15) is 5.26 Å². The normalized spacial score (nSPS) is 15.3. The Morgan fingerprint density at radius 2 is 1.85 bits per heavy atom. The van der Waals surface area contributed by atoms with Gasteiger partial charge in [0.05, 0.1) is 23.0 Å². The van der Waals surface area contributed by atoms with Crippen molar-refractivity contribution in [3.63, 3.8) is 0 Å². The predicted octanol–water partition coefficient (Wildman–Crippen LogP) is 5.26. The van der Waals surface area contributed by atoms with Crippen LogP contribution in [0.15, 0.2) is 61.1 Å². The number of hydrogen-bond acceptors (Lipinski definition) is 4. The van der Waals surface area contributed by atoms with Crippen molar-refractivity contribution in [1.82, 2.24) is 19.3 Å². The number of hydrogen-bond donors (Lipinski definition) is 0. The minimum Gasteiger partial charge on any atom is -0.372 e. The van der Waals surface area contributed by atoms with Crippen LogP contribution >= 0.6 is 0 Å². The topological polar surface area (TPSA) is 62.7 Å². The maximum Gasteiger partial charge on any atom is 0.185 e. The van der Waals surface area contributed by atoms with E-state index in [4.69, 9.17) is 5.26 Å². The molecule has 164 valence electrons. The van der Waals surface area contributed by atoms with E-state index >= 15 is 0 Å². The third-order valence-electron chi connectivity index (χ3n) is 7.24. The summed E-state index contributed by atoms with van der Waals surface area (Å²) >= 11 is 0. The number of anilines is 1. The van der Waals surface area contributed by atoms with Crippen LogP contribution in [-0.4, -0.2) is 32.4 Å². The van der Waals surface area contributed by atoms with Gasteiger partial charge in [0.2, 0.25) is 0 Å². The quantitative estimate of drug-likeness (QED) is 0.388. The van der Waals surface area contributed by atoms with E-state index in [9.17, 15) is 0 Å². The zero-order valence-electron chi connectivity index (χ0n) is 18.8. The average molecular weight is 435 g/mol. The summed E-state index contributed by atoms with van der Waals surface area (Å²) < 4.78 is 4.37. The molecule has 0 atom stereocenters. The number of aromatic nitrogens is 4. The van der Waals surface area contributed by atoms with Crippen LogP contribution in [0.4, 0.5) is 5.69 Å². The van der Waals surface area contributed by atoms with Gasteiger partial charge in [-0.1, -0.05) is 25.5 Å². The fraction of sp³-hybridized carbons (Fsp3) is 0.296. The first kappa shape index (κ1) is 19.8. The maximum absolute atomic E-state index is 9.11. The Labute approximate surface area is 193 Å². The molecule has 0 aliphatic carbocycles. The van der Waals surface area contributed by atoms with Gasteiger partial charge >= 0.3 is 0 Å². The largest absolute Gasteiger partial charge is 0.372 e. The summed E-state index contributed by atoms with van der Waals surface area (Å²) in [5.41, 5.74) is 7.65. The molecule has 2 aromatic heterocycles. The molecule has 2 aromatic carbocycles. The minimum absolute atomic E-state index is 0.670. The molecule has 4 heterocycles. The van der Waals surface area contributed by atoms with Gasteiger partial charge in [-0.3, -0.25) is 4.57 Å². The van der Waals surface area contributed by atoms with E-state index < -0.39 is 0 Å². The van der Waals surface area contributed by atoms with E-state index in [0.717, 1.165) is 53.9 Å². The molecule has 6 rings (SSSR count). The Hall–Kier alpha value is -3.85. The smallest absolute Gasteiger partial charge is 0.185 e. The summed E-state index contributed by atoms with van der Waals surface area (Å²) in [5.74, 6) is 1.72. The van der Waals surface area contributed by atoms with Gasteiger partial charge in [-0.05, 0) is 66.3 Å². The van der Waals surface area contributed by atoms with Crippen molar-refractivity contribution < 1.29 is 0 Å². The Balaban J connectivity index is 1.38. The predicted molar refractivity (Wildman–Crippen MR) is 129 cm³/mol. The van der Waals surface area contributed by atoms with Crippen molar-refractivity contribution in [3.05, 3.63) is 72.2 Å². The van der Waals surface area contributed by atoms with E-state index in [1.54, 1.807) is 0 Å². The van der Waals surface area contributed by atoms with Gasteiger partial charge in [-0.15, -0.1) is 10.2 Å². The third-order valence-corrected chi connectivity index (χ3v) is 7.24. The first-order valence-corrected chi connectivity index (χ1v) is 11.7. The zero-order chi connectivity index (χ0) is 22.4. The van der Waals surface area contributed by atoms with Gasteiger partial charge in [0, 0.05) is 37.1 Å². The first-order valence-electron chi connectivity index (χ1n) is 11.7. The van der Waals surface area contributed by atoms with Crippen LogP contribution in [-0.2, 0) is 6.54 Å². The molecule has 0 radical (unpaired) electrons. The van der Waals surface area contributed by atoms with Crippen molar-refractivity contribution >= 4 is 5.69 Å². The summed E-state index contributed by atoms with van der Waals surface area (Å²) in [4.78, 5) is 2.53. The van der Waals surface area contributed by atoms with E-state index in [1.165, 1.54) is 30.5 Å². The lowest BCUT2D eigenvalue weighted by atomic mass is 9.94. The highest BCUT2D eigenvalue weighted by atomic mass is 15.3. The number of piperidine rings is 1. The number of benzene rings is 2. The Morgan fingerprint density at radius 1 is 1.03 bits per heavy atom. The fourth-order valence-electron chi connectivity index (χ4n) is 5.22. The third kappa shape index (κ3) is 3.41. The number of fused-ring (bicyclic) bond motifs is 5. The van der Waals surface area contributed by atoms with Crippen LogP contribution in [0.25, 0.3) is 28.3 Å². The Kier molecular flexibility index (Phi) is 4.76. The SMILES string of the molecule is CCC1CCN(c2ccc3c(c2)Cn2cc(-c4ccc(C#N)cc4)cc2-c2nncn2-3)CC1. The van der Waals surface area contributed by atoms with Crippen molar-refractivity contribution in [1.29, 1.82) is 5.26 Å². The average Bonchev–Trinajstić information content (AvgIpc) is 3.49. The molecule has 33 heavy (non-hydrogen) atoms. The second-order valence-electron chi connectivity index (χ2n) is 9.11. The van der Waals surface area contributed by atoms with Crippen molar-refractivity contribution in [2.45, 2.75) is 32.7 Å². The van der Waals surface area contributed by atoms with Gasteiger partial charge in [0.1, 0.15) is 6.33 Å². The van der Waals surface area contributed by atoms with Crippen molar-refractivity contribution in [2.24, 2.45) is 5.92 Å². The first-order chi connectivity index (χ1) is 16.2. The molecule has 6 nitrogen and oxygen atoms in total. The van der Waals surface area contributed by atoms with Crippen LogP contribution in [0.5, 0.6) is 0 Å². The van der Waals surface area contributed by atoms with Crippen molar-refractivity contribution in [3.8, 4) is 34.4 Å². The molecule has 0 spiro atoms. The molecule has 0 saturated carbocycles. The number of rotatable bonds is 3. The molecule has 1 fully saturated rings. The van der Waals surface area contributed by atoms with Gasteiger partial charge in [-0.25, -0.2) is 0 Å². The molecule has 4 aromatic rings. The van der Waals surface area contributed by atoms with Crippen LogP contribution in [0.3, 0.4) is 0 Å². The summed E-state index contributed by atoms with van der Waals surface area (Å²) in [6.07, 6.45) is 7.83. The minimum atomic E-state index is 0.670. The van der Waals surface area contributed by atoms with E-state index in [2.05, 4.69) is 67.7 Å². The van der Waals surface area contributed by atoms with E-state index in [1.807, 2.05) is 30.6 Å². The van der Waals surface area contributed by atoms with Gasteiger partial charge < -0.3 is 9.47 Å². The maximum atomic E-state index is 9.11. The lowest BCUT2D eigenvalue weighted by Gasteiger charge is -2.33. The standard InChI is InChI=1S/C27H26N6/c1-2-19-9-11-31(12-10-19)24-7-8-25-23(13-24)17-32-16-22(21-5-3-20(15-28)4-6-21)14-26(32)27-30-29-18-33(25)27/h3-8,13-14,16,18-19H,2,9-12,17H2,1H3. The molecule has 0 N–H and O–H groups in total.